The quantitative estimate of drug-likeness (QED) is 0.362. The number of ether oxygens (including phenoxy) is 1. The predicted octanol–water partition coefficient (Wildman–Crippen LogP) is 0.161. The Balaban J connectivity index is 4.11. The topological polar surface area (TPSA) is 72.5 Å². The lowest BCUT2D eigenvalue weighted by Gasteiger charge is -2.25. The highest BCUT2D eigenvalue weighted by Crippen LogP contribution is 2.07. The summed E-state index contributed by atoms with van der Waals surface area (Å²) in [5, 5.41) is 9.19. The number of hydrogen-bond donors (Lipinski definition) is 2. The molecule has 4 nitrogen and oxygen atoms in total. The van der Waals surface area contributed by atoms with Gasteiger partial charge in [0.1, 0.15) is 11.8 Å². The van der Waals surface area contributed by atoms with Gasteiger partial charge in [-0.2, -0.15) is 0 Å². The molecular formula is C8H15NO3. The van der Waals surface area contributed by atoms with Crippen molar-refractivity contribution < 1.29 is 14.6 Å². The van der Waals surface area contributed by atoms with Gasteiger partial charge in [0.2, 0.25) is 0 Å². The van der Waals surface area contributed by atoms with Crippen LogP contribution in [-0.4, -0.2) is 22.9 Å². The number of nitrogens with two attached hydrogens (primary N) is 1. The summed E-state index contributed by atoms with van der Waals surface area (Å²) in [4.78, 5) is 10.9. The molecule has 70 valence electrons. The van der Waals surface area contributed by atoms with Gasteiger partial charge >= 0.3 is 5.97 Å². The summed E-state index contributed by atoms with van der Waals surface area (Å²) in [7, 11) is 0. The number of rotatable bonds is 3. The molecule has 0 saturated carbocycles. The fourth-order valence-corrected chi connectivity index (χ4v) is 0.380. The van der Waals surface area contributed by atoms with E-state index < -0.39 is 17.8 Å². The van der Waals surface area contributed by atoms with E-state index in [1.807, 2.05) is 0 Å². The van der Waals surface area contributed by atoms with E-state index in [0.29, 0.717) is 0 Å². The van der Waals surface area contributed by atoms with Gasteiger partial charge in [-0.15, -0.1) is 0 Å². The molecule has 0 heterocycles. The van der Waals surface area contributed by atoms with Crippen LogP contribution in [0.3, 0.4) is 0 Å². The third kappa shape index (κ3) is 3.50. The molecule has 0 fully saturated rings. The third-order valence-electron chi connectivity index (χ3n) is 1.46. The summed E-state index contributed by atoms with van der Waals surface area (Å²) in [5.74, 6) is -0.548. The number of hydrogen-bond acceptors (Lipinski definition) is 4. The molecule has 0 aliphatic carbocycles. The highest BCUT2D eigenvalue weighted by molar-refractivity contribution is 5.87. The summed E-state index contributed by atoms with van der Waals surface area (Å²) < 4.78 is 4.76. The lowest BCUT2D eigenvalue weighted by Crippen LogP contribution is -2.48. The molecule has 12 heavy (non-hydrogen) atoms. The third-order valence-corrected chi connectivity index (χ3v) is 1.46. The smallest absolute Gasteiger partial charge is 0.333 e. The van der Waals surface area contributed by atoms with Gasteiger partial charge in [-0.05, 0) is 20.8 Å². The zero-order valence-corrected chi connectivity index (χ0v) is 7.63. The highest BCUT2D eigenvalue weighted by Gasteiger charge is 2.26. The molecule has 3 N–H and O–H groups in total. The molecule has 0 aromatic carbocycles. The maximum absolute atomic E-state index is 10.9. The Morgan fingerprint density at radius 2 is 2.17 bits per heavy atom. The first-order valence-electron chi connectivity index (χ1n) is 3.63. The summed E-state index contributed by atoms with van der Waals surface area (Å²) in [6.45, 7) is 7.80. The molecule has 0 aromatic rings. The van der Waals surface area contributed by atoms with E-state index in [9.17, 15) is 9.90 Å². The highest BCUT2D eigenvalue weighted by atomic mass is 16.6. The van der Waals surface area contributed by atoms with Crippen LogP contribution in [0.25, 0.3) is 0 Å². The molecule has 0 spiro atoms. The Bertz CT molecular complexity index is 193. The van der Waals surface area contributed by atoms with Crippen LogP contribution in [0.5, 0.6) is 0 Å². The lowest BCUT2D eigenvalue weighted by molar-refractivity contribution is -0.156. The Morgan fingerprint density at radius 1 is 1.75 bits per heavy atom. The van der Waals surface area contributed by atoms with Gasteiger partial charge in [-0.1, -0.05) is 6.58 Å². The van der Waals surface area contributed by atoms with Crippen LogP contribution in [0.4, 0.5) is 0 Å². The molecule has 2 atom stereocenters. The van der Waals surface area contributed by atoms with Crippen LogP contribution >= 0.6 is 0 Å². The van der Waals surface area contributed by atoms with E-state index in [0.717, 1.165) is 0 Å². The van der Waals surface area contributed by atoms with Crippen LogP contribution in [0.2, 0.25) is 0 Å². The van der Waals surface area contributed by atoms with Crippen molar-refractivity contribution in [1.29, 1.82) is 0 Å². The van der Waals surface area contributed by atoms with Gasteiger partial charge in [-0.25, -0.2) is 4.79 Å². The molecule has 0 radical (unpaired) electrons. The van der Waals surface area contributed by atoms with Crippen molar-refractivity contribution in [3.63, 3.8) is 0 Å². The molecule has 0 amide bonds. The number of esters is 1. The minimum absolute atomic E-state index is 0.283. The molecule has 0 saturated heterocycles. The average Bonchev–Trinajstić information content (AvgIpc) is 1.85. The van der Waals surface area contributed by atoms with Crippen LogP contribution in [-0.2, 0) is 9.53 Å². The first-order chi connectivity index (χ1) is 5.25. The van der Waals surface area contributed by atoms with E-state index >= 15 is 0 Å². The lowest BCUT2D eigenvalue weighted by atomic mass is 10.1. The second-order valence-electron chi connectivity index (χ2n) is 3.05. The van der Waals surface area contributed by atoms with E-state index in [1.54, 1.807) is 0 Å². The van der Waals surface area contributed by atoms with Crippen molar-refractivity contribution in [1.82, 2.24) is 0 Å². The van der Waals surface area contributed by atoms with E-state index in [2.05, 4.69) is 6.58 Å². The van der Waals surface area contributed by atoms with Crippen LogP contribution in [0.1, 0.15) is 20.8 Å². The Labute approximate surface area is 72.0 Å². The van der Waals surface area contributed by atoms with E-state index in [1.165, 1.54) is 20.8 Å². The zero-order valence-electron chi connectivity index (χ0n) is 7.63. The van der Waals surface area contributed by atoms with Gasteiger partial charge in [-0.3, -0.25) is 0 Å². The van der Waals surface area contributed by atoms with Gasteiger partial charge in [0.05, 0.1) is 0 Å². The van der Waals surface area contributed by atoms with E-state index in [-0.39, 0.29) is 5.57 Å². The van der Waals surface area contributed by atoms with Crippen molar-refractivity contribution >= 4 is 5.97 Å². The Morgan fingerprint density at radius 3 is 2.42 bits per heavy atom. The van der Waals surface area contributed by atoms with Crippen molar-refractivity contribution in [2.75, 3.05) is 0 Å². The summed E-state index contributed by atoms with van der Waals surface area (Å²) in [6, 6.07) is 0. The monoisotopic (exact) mass is 173 g/mol. The molecule has 4 heteroatoms. The molecule has 0 aromatic heterocycles. The average molecular weight is 173 g/mol. The van der Waals surface area contributed by atoms with Crippen molar-refractivity contribution in [2.24, 2.45) is 5.73 Å². The van der Waals surface area contributed by atoms with Gasteiger partial charge in [0.25, 0.3) is 0 Å². The van der Waals surface area contributed by atoms with Crippen molar-refractivity contribution in [2.45, 2.75) is 32.6 Å². The van der Waals surface area contributed by atoms with Crippen LogP contribution in [0, 0.1) is 0 Å². The Kier molecular flexibility index (Phi) is 3.42. The molecule has 2 unspecified atom stereocenters. The molecule has 0 aliphatic heterocycles. The molecular weight excluding hydrogens is 158 g/mol. The molecule has 0 rings (SSSR count). The second kappa shape index (κ2) is 3.69. The molecule has 0 bridgehead atoms. The fourth-order valence-electron chi connectivity index (χ4n) is 0.380. The Hall–Kier alpha value is -0.870. The maximum Gasteiger partial charge on any atom is 0.333 e. The first-order valence-corrected chi connectivity index (χ1v) is 3.63. The number of carbonyl (C=O) groups is 1. The summed E-state index contributed by atoms with van der Waals surface area (Å²) >= 11 is 0. The van der Waals surface area contributed by atoms with Crippen LogP contribution in [0.15, 0.2) is 12.2 Å². The number of carbonyl (C=O) groups excluding carboxylic acids is 1. The SMILES string of the molecule is C=C(C)C(=O)OC(C)C(C)(N)O. The minimum atomic E-state index is -1.51. The largest absolute Gasteiger partial charge is 0.455 e. The predicted molar refractivity (Wildman–Crippen MR) is 45.2 cm³/mol. The standard InChI is InChI=1S/C8H15NO3/c1-5(2)7(10)12-6(3)8(4,9)11/h6,11H,1,9H2,2-4H3. The zero-order chi connectivity index (χ0) is 9.94. The minimum Gasteiger partial charge on any atom is -0.455 e. The summed E-state index contributed by atoms with van der Waals surface area (Å²) in [5.41, 5.74) is 4.05. The van der Waals surface area contributed by atoms with Gasteiger partial charge < -0.3 is 15.6 Å². The van der Waals surface area contributed by atoms with Gasteiger partial charge in [0.15, 0.2) is 0 Å². The number of aliphatic hydroxyl groups is 1. The molecule has 0 aliphatic rings. The summed E-state index contributed by atoms with van der Waals surface area (Å²) in [6.07, 6.45) is -0.748. The van der Waals surface area contributed by atoms with Crippen molar-refractivity contribution in [3.05, 3.63) is 12.2 Å². The first kappa shape index (κ1) is 11.1. The van der Waals surface area contributed by atoms with Crippen LogP contribution < -0.4 is 5.73 Å². The maximum atomic E-state index is 10.9. The van der Waals surface area contributed by atoms with E-state index in [4.69, 9.17) is 10.5 Å². The van der Waals surface area contributed by atoms with Gasteiger partial charge in [0, 0.05) is 5.57 Å². The van der Waals surface area contributed by atoms with Crippen molar-refractivity contribution in [3.8, 4) is 0 Å². The second-order valence-corrected chi connectivity index (χ2v) is 3.05. The normalized spacial score (nSPS) is 17.8. The fraction of sp³-hybridized carbons (Fsp3) is 0.625.